The van der Waals surface area contributed by atoms with Crippen LogP contribution in [0.25, 0.3) is 0 Å². The third-order valence-electron chi connectivity index (χ3n) is 2.24. The second kappa shape index (κ2) is 5.58. The van der Waals surface area contributed by atoms with Crippen molar-refractivity contribution >= 4 is 5.91 Å². The number of aromatic nitrogens is 1. The lowest BCUT2D eigenvalue weighted by molar-refractivity contribution is 0.0740. The average molecular weight is 224 g/mol. The van der Waals surface area contributed by atoms with Crippen LogP contribution in [-0.4, -0.2) is 28.9 Å². The summed E-state index contributed by atoms with van der Waals surface area (Å²) in [6.07, 6.45) is 1.34. The summed E-state index contributed by atoms with van der Waals surface area (Å²) >= 11 is 0. The van der Waals surface area contributed by atoms with Gasteiger partial charge in [0.15, 0.2) is 0 Å². The van der Waals surface area contributed by atoms with Gasteiger partial charge in [0.2, 0.25) is 5.95 Å². The molecule has 0 saturated heterocycles. The molecular weight excluding hydrogens is 207 g/mol. The first-order chi connectivity index (χ1) is 7.56. The average Bonchev–Trinajstić information content (AvgIpc) is 2.25. The Hall–Kier alpha value is -1.45. The van der Waals surface area contributed by atoms with Crippen LogP contribution >= 0.6 is 0 Å². The van der Waals surface area contributed by atoms with Crippen molar-refractivity contribution in [2.24, 2.45) is 5.92 Å². The summed E-state index contributed by atoms with van der Waals surface area (Å²) in [5.41, 5.74) is 0.0463. The summed E-state index contributed by atoms with van der Waals surface area (Å²) in [6, 6.07) is 3.03. The van der Waals surface area contributed by atoms with Gasteiger partial charge in [-0.3, -0.25) is 4.79 Å². The Kier molecular flexibility index (Phi) is 4.40. The van der Waals surface area contributed by atoms with Crippen molar-refractivity contribution in [3.8, 4) is 0 Å². The highest BCUT2D eigenvalue weighted by Gasteiger charge is 2.18. The third kappa shape index (κ3) is 3.02. The summed E-state index contributed by atoms with van der Waals surface area (Å²) in [5.74, 6) is -0.625. The number of nitrogens with zero attached hydrogens (tertiary/aromatic N) is 2. The van der Waals surface area contributed by atoms with Gasteiger partial charge in [-0.15, -0.1) is 0 Å². The first kappa shape index (κ1) is 12.6. The van der Waals surface area contributed by atoms with E-state index in [9.17, 15) is 9.18 Å². The van der Waals surface area contributed by atoms with E-state index in [0.29, 0.717) is 19.0 Å². The van der Waals surface area contributed by atoms with Crippen molar-refractivity contribution in [2.45, 2.75) is 20.8 Å². The predicted octanol–water partition coefficient (Wildman–Crippen LogP) is 2.34. The molecule has 0 unspecified atom stereocenters. The Morgan fingerprint density at radius 1 is 1.56 bits per heavy atom. The number of carbonyl (C=O) groups is 1. The molecule has 88 valence electrons. The monoisotopic (exact) mass is 224 g/mol. The molecule has 3 nitrogen and oxygen atoms in total. The van der Waals surface area contributed by atoms with Crippen LogP contribution in [0.1, 0.15) is 31.1 Å². The van der Waals surface area contributed by atoms with E-state index >= 15 is 0 Å². The molecule has 0 aliphatic carbocycles. The maximum Gasteiger partial charge on any atom is 0.258 e. The minimum absolute atomic E-state index is 0.0463. The Morgan fingerprint density at radius 3 is 2.75 bits per heavy atom. The molecule has 0 saturated carbocycles. The largest absolute Gasteiger partial charge is 0.339 e. The van der Waals surface area contributed by atoms with Crippen LogP contribution < -0.4 is 0 Å². The minimum Gasteiger partial charge on any atom is -0.339 e. The van der Waals surface area contributed by atoms with Gasteiger partial charge in [0.05, 0.1) is 5.56 Å². The van der Waals surface area contributed by atoms with Crippen LogP contribution in [0.15, 0.2) is 18.3 Å². The van der Waals surface area contributed by atoms with Gasteiger partial charge >= 0.3 is 0 Å². The molecule has 0 bridgehead atoms. The smallest absolute Gasteiger partial charge is 0.258 e. The fourth-order valence-electron chi connectivity index (χ4n) is 1.51. The van der Waals surface area contributed by atoms with Gasteiger partial charge in [-0.1, -0.05) is 13.8 Å². The summed E-state index contributed by atoms with van der Waals surface area (Å²) in [6.45, 7) is 7.13. The van der Waals surface area contributed by atoms with E-state index < -0.39 is 5.95 Å². The Labute approximate surface area is 95.3 Å². The molecule has 0 N–H and O–H groups in total. The molecule has 4 heteroatoms. The number of hydrogen-bond acceptors (Lipinski definition) is 2. The second-order valence-electron chi connectivity index (χ2n) is 4.08. The SMILES string of the molecule is CCN(CC(C)C)C(=O)c1cccnc1F. The Bertz CT molecular complexity index is 366. The van der Waals surface area contributed by atoms with Crippen molar-refractivity contribution in [1.29, 1.82) is 0 Å². The molecule has 0 aliphatic rings. The standard InChI is InChI=1S/C12H17FN2O/c1-4-15(8-9(2)3)12(16)10-6-5-7-14-11(10)13/h5-7,9H,4,8H2,1-3H3. The molecule has 1 aromatic rings. The van der Waals surface area contributed by atoms with E-state index in [-0.39, 0.29) is 11.5 Å². The zero-order valence-corrected chi connectivity index (χ0v) is 9.90. The maximum absolute atomic E-state index is 13.3. The van der Waals surface area contributed by atoms with Crippen molar-refractivity contribution in [2.75, 3.05) is 13.1 Å². The topological polar surface area (TPSA) is 33.2 Å². The predicted molar refractivity (Wildman–Crippen MR) is 60.6 cm³/mol. The van der Waals surface area contributed by atoms with E-state index in [2.05, 4.69) is 4.98 Å². The van der Waals surface area contributed by atoms with E-state index in [1.54, 1.807) is 11.0 Å². The number of rotatable bonds is 4. The fourth-order valence-corrected chi connectivity index (χ4v) is 1.51. The lowest BCUT2D eigenvalue weighted by Gasteiger charge is -2.22. The van der Waals surface area contributed by atoms with Crippen molar-refractivity contribution in [3.05, 3.63) is 29.8 Å². The summed E-state index contributed by atoms with van der Waals surface area (Å²) < 4.78 is 13.3. The van der Waals surface area contributed by atoms with Gasteiger partial charge < -0.3 is 4.90 Å². The maximum atomic E-state index is 13.3. The molecule has 0 spiro atoms. The van der Waals surface area contributed by atoms with Crippen LogP contribution in [0.2, 0.25) is 0 Å². The molecule has 16 heavy (non-hydrogen) atoms. The van der Waals surface area contributed by atoms with Gasteiger partial charge in [0.1, 0.15) is 0 Å². The van der Waals surface area contributed by atoms with Crippen molar-refractivity contribution in [3.63, 3.8) is 0 Å². The normalized spacial score (nSPS) is 10.6. The molecule has 1 aromatic heterocycles. The highest BCUT2D eigenvalue weighted by Crippen LogP contribution is 2.09. The third-order valence-corrected chi connectivity index (χ3v) is 2.24. The molecule has 0 aromatic carbocycles. The highest BCUT2D eigenvalue weighted by atomic mass is 19.1. The van der Waals surface area contributed by atoms with Crippen LogP contribution in [-0.2, 0) is 0 Å². The van der Waals surface area contributed by atoms with E-state index in [4.69, 9.17) is 0 Å². The molecule has 0 fully saturated rings. The number of hydrogen-bond donors (Lipinski definition) is 0. The molecule has 1 heterocycles. The van der Waals surface area contributed by atoms with Gasteiger partial charge in [-0.25, -0.2) is 4.98 Å². The van der Waals surface area contributed by atoms with Gasteiger partial charge in [0.25, 0.3) is 5.91 Å². The summed E-state index contributed by atoms with van der Waals surface area (Å²) in [7, 11) is 0. The molecule has 1 rings (SSSR count). The lowest BCUT2D eigenvalue weighted by Crippen LogP contribution is -2.34. The van der Waals surface area contributed by atoms with E-state index in [1.807, 2.05) is 20.8 Å². The zero-order valence-electron chi connectivity index (χ0n) is 9.90. The number of carbonyl (C=O) groups excluding carboxylic acids is 1. The summed E-state index contributed by atoms with van der Waals surface area (Å²) in [5, 5.41) is 0. The van der Waals surface area contributed by atoms with Crippen molar-refractivity contribution < 1.29 is 9.18 Å². The summed E-state index contributed by atoms with van der Waals surface area (Å²) in [4.78, 5) is 17.1. The van der Waals surface area contributed by atoms with Crippen LogP contribution in [0.4, 0.5) is 4.39 Å². The Morgan fingerprint density at radius 2 is 2.25 bits per heavy atom. The quantitative estimate of drug-likeness (QED) is 0.735. The molecule has 1 amide bonds. The number of amides is 1. The fraction of sp³-hybridized carbons (Fsp3) is 0.500. The minimum atomic E-state index is -0.699. The van der Waals surface area contributed by atoms with Gasteiger partial charge in [-0.2, -0.15) is 4.39 Å². The van der Waals surface area contributed by atoms with Crippen molar-refractivity contribution in [1.82, 2.24) is 9.88 Å². The van der Waals surface area contributed by atoms with Gasteiger partial charge in [-0.05, 0) is 25.0 Å². The molecule has 0 aliphatic heterocycles. The number of pyridine rings is 1. The van der Waals surface area contributed by atoms with Crippen LogP contribution in [0.3, 0.4) is 0 Å². The first-order valence-electron chi connectivity index (χ1n) is 5.46. The molecule has 0 radical (unpaired) electrons. The second-order valence-corrected chi connectivity index (χ2v) is 4.08. The highest BCUT2D eigenvalue weighted by molar-refractivity contribution is 5.94. The number of halogens is 1. The van der Waals surface area contributed by atoms with E-state index in [0.717, 1.165) is 0 Å². The lowest BCUT2D eigenvalue weighted by atomic mass is 10.1. The molecular formula is C12H17FN2O. The van der Waals surface area contributed by atoms with Gasteiger partial charge in [0, 0.05) is 19.3 Å². The van der Waals surface area contributed by atoms with Crippen LogP contribution in [0.5, 0.6) is 0 Å². The molecule has 0 atom stereocenters. The Balaban J connectivity index is 2.87. The first-order valence-corrected chi connectivity index (χ1v) is 5.46. The van der Waals surface area contributed by atoms with Crippen LogP contribution in [0, 0.1) is 11.9 Å². The zero-order chi connectivity index (χ0) is 12.1. The van der Waals surface area contributed by atoms with E-state index in [1.165, 1.54) is 12.3 Å².